The normalized spacial score (nSPS) is 18.3. The number of hydrogen-bond donors (Lipinski definition) is 3. The number of aromatic nitrogens is 2. The summed E-state index contributed by atoms with van der Waals surface area (Å²) >= 11 is 2.26. The number of anilines is 1. The largest absolute Gasteiger partial charge is 0.496 e. The zero-order valence-electron chi connectivity index (χ0n) is 20.2. The van der Waals surface area contributed by atoms with Crippen LogP contribution >= 0.6 is 28.4 Å². The number of methoxy groups -OCH3 is 1. The minimum Gasteiger partial charge on any atom is -0.496 e. The van der Waals surface area contributed by atoms with E-state index in [4.69, 9.17) is 20.1 Å². The minimum atomic E-state index is 0.0691. The standard InChI is InChI=1S/C24H34IN6OP/c1-23(2)10-18(11-24(3,4)30-23)31(5)22-15-27-20(14-28-22)19-8-7-16(9-21(19)32-6)17(12-26)13-29-33-25/h7-9,12-15,18,26,29-30,33H,10-11H2,1-6H3/b17-13+,26-12?. The van der Waals surface area contributed by atoms with Gasteiger partial charge in [0.2, 0.25) is 0 Å². The second-order valence-corrected chi connectivity index (χ2v) is 11.8. The first-order valence-corrected chi connectivity index (χ1v) is 15.1. The number of nitrogens with zero attached hydrogens (tertiary/aromatic N) is 3. The van der Waals surface area contributed by atoms with Gasteiger partial charge >= 0.3 is 0 Å². The molecule has 3 N–H and O–H groups in total. The van der Waals surface area contributed by atoms with Crippen molar-refractivity contribution in [3.8, 4) is 17.0 Å². The highest BCUT2D eigenvalue weighted by Gasteiger charge is 2.39. The molecule has 1 fully saturated rings. The predicted molar refractivity (Wildman–Crippen MR) is 149 cm³/mol. The van der Waals surface area contributed by atoms with Gasteiger partial charge in [-0.05, 0) is 80.3 Å². The minimum absolute atomic E-state index is 0.0691. The molecule has 1 aromatic carbocycles. The SMILES string of the molecule is COc1cc(/C(C=N)=C/NPI)ccc1-c1cnc(N(C)C2CC(C)(C)NC(C)(C)C2)cn1. The first kappa shape index (κ1) is 25.8. The highest BCUT2D eigenvalue weighted by atomic mass is 127. The number of ether oxygens (including phenoxy) is 1. The molecular weight excluding hydrogens is 546 g/mol. The molecule has 1 aliphatic rings. The lowest BCUT2D eigenvalue weighted by molar-refractivity contribution is 0.160. The Hall–Kier alpha value is -1.77. The summed E-state index contributed by atoms with van der Waals surface area (Å²) in [7, 11) is 3.76. The molecule has 1 saturated heterocycles. The van der Waals surface area contributed by atoms with Crippen molar-refractivity contribution >= 4 is 46.0 Å². The Morgan fingerprint density at radius 1 is 1.24 bits per heavy atom. The van der Waals surface area contributed by atoms with Gasteiger partial charge in [-0.1, -0.05) is 6.07 Å². The summed E-state index contributed by atoms with van der Waals surface area (Å²) in [5.74, 6) is 1.57. The summed E-state index contributed by atoms with van der Waals surface area (Å²) in [6.07, 6.45) is 9.48. The van der Waals surface area contributed by atoms with Gasteiger partial charge in [0, 0.05) is 54.1 Å². The van der Waals surface area contributed by atoms with Gasteiger partial charge in [-0.3, -0.25) is 4.98 Å². The molecule has 1 unspecified atom stereocenters. The van der Waals surface area contributed by atoms with Gasteiger partial charge in [0.05, 0.1) is 25.2 Å². The van der Waals surface area contributed by atoms with Crippen LogP contribution in [0.5, 0.6) is 5.75 Å². The lowest BCUT2D eigenvalue weighted by atomic mass is 9.79. The van der Waals surface area contributed by atoms with Crippen molar-refractivity contribution in [2.24, 2.45) is 0 Å². The van der Waals surface area contributed by atoms with E-state index >= 15 is 0 Å². The number of piperidine rings is 1. The molecule has 1 aromatic heterocycles. The van der Waals surface area contributed by atoms with Gasteiger partial charge in [-0.25, -0.2) is 4.98 Å². The molecule has 3 rings (SSSR count). The van der Waals surface area contributed by atoms with E-state index < -0.39 is 0 Å². The summed E-state index contributed by atoms with van der Waals surface area (Å²) in [6, 6.07) is 6.27. The Morgan fingerprint density at radius 3 is 2.48 bits per heavy atom. The van der Waals surface area contributed by atoms with Crippen LogP contribution in [0, 0.1) is 5.41 Å². The first-order valence-electron chi connectivity index (χ1n) is 10.9. The monoisotopic (exact) mass is 580 g/mol. The summed E-state index contributed by atoms with van der Waals surface area (Å²) in [4.78, 5) is 11.7. The number of hydrogen-bond acceptors (Lipinski definition) is 7. The fourth-order valence-electron chi connectivity index (χ4n) is 4.77. The van der Waals surface area contributed by atoms with Crippen molar-refractivity contribution < 1.29 is 4.74 Å². The van der Waals surface area contributed by atoms with Crippen LogP contribution in [-0.2, 0) is 0 Å². The third-order valence-corrected chi connectivity index (χ3v) is 7.15. The highest BCUT2D eigenvalue weighted by Crippen LogP contribution is 2.34. The molecule has 1 atom stereocenters. The zero-order valence-corrected chi connectivity index (χ0v) is 23.3. The molecule has 0 saturated carbocycles. The van der Waals surface area contributed by atoms with Crippen molar-refractivity contribution in [1.82, 2.24) is 20.4 Å². The average molecular weight is 580 g/mol. The van der Waals surface area contributed by atoms with Gasteiger partial charge in [-0.15, -0.1) is 0 Å². The Kier molecular flexibility index (Phi) is 8.35. The summed E-state index contributed by atoms with van der Waals surface area (Å²) in [5.41, 5.74) is 3.47. The molecule has 2 aromatic rings. The van der Waals surface area contributed by atoms with Crippen LogP contribution in [0.4, 0.5) is 5.82 Å². The van der Waals surface area contributed by atoms with Crippen LogP contribution < -0.4 is 20.0 Å². The second kappa shape index (κ2) is 10.7. The molecule has 0 radical (unpaired) electrons. The average Bonchev–Trinajstić information content (AvgIpc) is 2.77. The molecule has 178 valence electrons. The van der Waals surface area contributed by atoms with E-state index in [1.165, 1.54) is 6.21 Å². The Balaban J connectivity index is 1.84. The second-order valence-electron chi connectivity index (χ2n) is 9.72. The van der Waals surface area contributed by atoms with E-state index in [2.05, 4.69) is 72.1 Å². The fraction of sp³-hybridized carbons (Fsp3) is 0.458. The van der Waals surface area contributed by atoms with Gasteiger partial charge < -0.3 is 25.5 Å². The Morgan fingerprint density at radius 2 is 1.94 bits per heavy atom. The molecule has 7 nitrogen and oxygen atoms in total. The first-order chi connectivity index (χ1) is 15.6. The summed E-state index contributed by atoms with van der Waals surface area (Å²) in [6.45, 7) is 9.04. The third kappa shape index (κ3) is 6.43. The number of allylic oxidation sites excluding steroid dienone is 1. The lowest BCUT2D eigenvalue weighted by Crippen LogP contribution is -2.62. The third-order valence-electron chi connectivity index (χ3n) is 5.96. The van der Waals surface area contributed by atoms with Crippen LogP contribution in [0.1, 0.15) is 46.1 Å². The van der Waals surface area contributed by atoms with Gasteiger partial charge in [0.1, 0.15) is 11.6 Å². The topological polar surface area (TPSA) is 86.2 Å². The van der Waals surface area contributed by atoms with Crippen molar-refractivity contribution in [3.05, 3.63) is 42.4 Å². The Labute approximate surface area is 212 Å². The van der Waals surface area contributed by atoms with E-state index in [-0.39, 0.29) is 11.1 Å². The highest BCUT2D eigenvalue weighted by molar-refractivity contribution is 14.2. The predicted octanol–water partition coefficient (Wildman–Crippen LogP) is 5.42. The fourth-order valence-corrected chi connectivity index (χ4v) is 5.44. The lowest BCUT2D eigenvalue weighted by Gasteiger charge is -2.49. The van der Waals surface area contributed by atoms with E-state index in [0.717, 1.165) is 41.1 Å². The molecular formula is C24H34IN6OP. The van der Waals surface area contributed by atoms with Crippen LogP contribution in [0.15, 0.2) is 36.8 Å². The maximum Gasteiger partial charge on any atom is 0.147 e. The van der Waals surface area contributed by atoms with E-state index in [1.807, 2.05) is 36.8 Å². The number of nitrogens with one attached hydrogen (secondary N) is 3. The van der Waals surface area contributed by atoms with Crippen molar-refractivity contribution in [1.29, 1.82) is 5.41 Å². The van der Waals surface area contributed by atoms with Crippen LogP contribution in [0.25, 0.3) is 16.8 Å². The number of benzene rings is 1. The van der Waals surface area contributed by atoms with Gasteiger partial charge in [0.25, 0.3) is 0 Å². The van der Waals surface area contributed by atoms with Gasteiger partial charge in [0.15, 0.2) is 0 Å². The van der Waals surface area contributed by atoms with E-state index in [9.17, 15) is 0 Å². The van der Waals surface area contributed by atoms with Crippen LogP contribution in [0.2, 0.25) is 0 Å². The number of rotatable bonds is 8. The molecule has 0 amide bonds. The molecule has 0 bridgehead atoms. The van der Waals surface area contributed by atoms with Gasteiger partial charge in [-0.2, -0.15) is 0 Å². The molecule has 2 heterocycles. The molecule has 0 spiro atoms. The molecule has 1 aliphatic heterocycles. The summed E-state index contributed by atoms with van der Waals surface area (Å²) < 4.78 is 5.65. The van der Waals surface area contributed by atoms with Crippen molar-refractivity contribution in [2.45, 2.75) is 57.7 Å². The number of halogens is 1. The van der Waals surface area contributed by atoms with Crippen LogP contribution in [0.3, 0.4) is 0 Å². The zero-order chi connectivity index (χ0) is 24.2. The molecule has 9 heteroatoms. The van der Waals surface area contributed by atoms with Crippen LogP contribution in [-0.4, -0.2) is 47.5 Å². The summed E-state index contributed by atoms with van der Waals surface area (Å²) in [5, 5.41) is 14.6. The molecule has 33 heavy (non-hydrogen) atoms. The van der Waals surface area contributed by atoms with Crippen molar-refractivity contribution in [3.63, 3.8) is 0 Å². The maximum absolute atomic E-state index is 7.71. The van der Waals surface area contributed by atoms with Crippen molar-refractivity contribution in [2.75, 3.05) is 19.1 Å². The quantitative estimate of drug-likeness (QED) is 0.220. The smallest absolute Gasteiger partial charge is 0.147 e. The Bertz CT molecular complexity index is 993. The van der Waals surface area contributed by atoms with E-state index in [1.54, 1.807) is 7.11 Å². The molecule has 0 aliphatic carbocycles. The maximum atomic E-state index is 7.71. The van der Waals surface area contributed by atoms with E-state index in [0.29, 0.717) is 18.2 Å².